The lowest BCUT2D eigenvalue weighted by atomic mass is 9.96. The van der Waals surface area contributed by atoms with E-state index in [9.17, 15) is 5.11 Å². The van der Waals surface area contributed by atoms with Crippen LogP contribution >= 0.6 is 11.8 Å². The Morgan fingerprint density at radius 3 is 2.47 bits per heavy atom. The number of hydrogen-bond acceptors (Lipinski definition) is 2. The molecular weight excluding hydrogens is 228 g/mol. The van der Waals surface area contributed by atoms with Crippen molar-refractivity contribution in [3.63, 3.8) is 0 Å². The molecule has 0 saturated heterocycles. The molecule has 0 aromatic heterocycles. The van der Waals surface area contributed by atoms with Gasteiger partial charge in [-0.3, -0.25) is 0 Å². The van der Waals surface area contributed by atoms with Gasteiger partial charge < -0.3 is 5.11 Å². The molecule has 1 nitrogen and oxygen atoms in total. The van der Waals surface area contributed by atoms with Crippen LogP contribution in [0.3, 0.4) is 0 Å². The Labute approximate surface area is 109 Å². The van der Waals surface area contributed by atoms with E-state index in [0.717, 1.165) is 23.7 Å². The van der Waals surface area contributed by atoms with Crippen LogP contribution in [-0.4, -0.2) is 10.9 Å². The zero-order valence-electron chi connectivity index (χ0n) is 10.6. The number of benzene rings is 1. The van der Waals surface area contributed by atoms with Gasteiger partial charge >= 0.3 is 0 Å². The first-order valence-electron chi connectivity index (χ1n) is 6.70. The van der Waals surface area contributed by atoms with Gasteiger partial charge in [-0.2, -0.15) is 0 Å². The van der Waals surface area contributed by atoms with E-state index in [1.807, 2.05) is 11.8 Å². The van der Waals surface area contributed by atoms with Crippen LogP contribution in [0.2, 0.25) is 0 Å². The second-order valence-electron chi connectivity index (χ2n) is 4.90. The van der Waals surface area contributed by atoms with Crippen LogP contribution in [0.25, 0.3) is 0 Å². The number of aliphatic hydroxyl groups excluding tert-OH is 1. The molecule has 0 spiro atoms. The summed E-state index contributed by atoms with van der Waals surface area (Å²) in [6.07, 6.45) is 5.99. The van der Waals surface area contributed by atoms with E-state index >= 15 is 0 Å². The molecule has 0 radical (unpaired) electrons. The van der Waals surface area contributed by atoms with Gasteiger partial charge in [-0.05, 0) is 35.8 Å². The topological polar surface area (TPSA) is 20.2 Å². The van der Waals surface area contributed by atoms with E-state index in [1.54, 1.807) is 0 Å². The fourth-order valence-corrected chi connectivity index (χ4v) is 3.31. The Bertz CT molecular complexity index is 327. The second-order valence-corrected chi connectivity index (χ2v) is 6.24. The SMILES string of the molecule is CCSc1ccc(C(O)CC2CCCC2)cc1. The Morgan fingerprint density at radius 2 is 1.88 bits per heavy atom. The molecule has 1 N–H and O–H groups in total. The van der Waals surface area contributed by atoms with Crippen LogP contribution in [0, 0.1) is 5.92 Å². The van der Waals surface area contributed by atoms with E-state index in [1.165, 1.54) is 30.6 Å². The Balaban J connectivity index is 1.91. The Hall–Kier alpha value is -0.470. The molecular formula is C15H22OS. The summed E-state index contributed by atoms with van der Waals surface area (Å²) in [7, 11) is 0. The summed E-state index contributed by atoms with van der Waals surface area (Å²) >= 11 is 1.85. The highest BCUT2D eigenvalue weighted by atomic mass is 32.2. The number of hydrogen-bond donors (Lipinski definition) is 1. The largest absolute Gasteiger partial charge is 0.388 e. The predicted octanol–water partition coefficient (Wildman–Crippen LogP) is 4.41. The molecule has 1 saturated carbocycles. The third-order valence-electron chi connectivity index (χ3n) is 3.61. The van der Waals surface area contributed by atoms with E-state index in [4.69, 9.17) is 0 Å². The highest BCUT2D eigenvalue weighted by Crippen LogP contribution is 2.33. The summed E-state index contributed by atoms with van der Waals surface area (Å²) in [5.41, 5.74) is 1.08. The zero-order chi connectivity index (χ0) is 12.1. The van der Waals surface area contributed by atoms with Gasteiger partial charge in [0.1, 0.15) is 0 Å². The molecule has 1 unspecified atom stereocenters. The van der Waals surface area contributed by atoms with Gasteiger partial charge in [0.15, 0.2) is 0 Å². The summed E-state index contributed by atoms with van der Waals surface area (Å²) in [5.74, 6) is 1.85. The van der Waals surface area contributed by atoms with Crippen molar-refractivity contribution in [2.75, 3.05) is 5.75 Å². The third kappa shape index (κ3) is 3.75. The molecule has 0 bridgehead atoms. The molecule has 0 heterocycles. The lowest BCUT2D eigenvalue weighted by Crippen LogP contribution is -2.04. The molecule has 2 heteroatoms. The van der Waals surface area contributed by atoms with Crippen LogP contribution in [0.4, 0.5) is 0 Å². The van der Waals surface area contributed by atoms with E-state index in [0.29, 0.717) is 0 Å². The monoisotopic (exact) mass is 250 g/mol. The van der Waals surface area contributed by atoms with Gasteiger partial charge in [0, 0.05) is 4.90 Å². The molecule has 1 atom stereocenters. The normalized spacial score (nSPS) is 18.5. The van der Waals surface area contributed by atoms with Crippen molar-refractivity contribution in [1.29, 1.82) is 0 Å². The van der Waals surface area contributed by atoms with Crippen LogP contribution in [-0.2, 0) is 0 Å². The van der Waals surface area contributed by atoms with Crippen molar-refractivity contribution in [3.05, 3.63) is 29.8 Å². The molecule has 0 amide bonds. The molecule has 1 aliphatic rings. The quantitative estimate of drug-likeness (QED) is 0.781. The first-order chi connectivity index (χ1) is 8.29. The zero-order valence-corrected chi connectivity index (χ0v) is 11.4. The Kier molecular flexibility index (Phi) is 4.93. The van der Waals surface area contributed by atoms with Crippen molar-refractivity contribution in [3.8, 4) is 0 Å². The average molecular weight is 250 g/mol. The lowest BCUT2D eigenvalue weighted by molar-refractivity contribution is 0.145. The fraction of sp³-hybridized carbons (Fsp3) is 0.600. The molecule has 17 heavy (non-hydrogen) atoms. The van der Waals surface area contributed by atoms with Crippen molar-refractivity contribution in [2.24, 2.45) is 5.92 Å². The summed E-state index contributed by atoms with van der Waals surface area (Å²) in [5, 5.41) is 10.2. The van der Waals surface area contributed by atoms with Gasteiger partial charge in [-0.1, -0.05) is 44.7 Å². The minimum absolute atomic E-state index is 0.265. The van der Waals surface area contributed by atoms with Gasteiger partial charge in [0.05, 0.1) is 6.10 Å². The molecule has 2 rings (SSSR count). The summed E-state index contributed by atoms with van der Waals surface area (Å²) < 4.78 is 0. The van der Waals surface area contributed by atoms with Gasteiger partial charge in [0.2, 0.25) is 0 Å². The molecule has 94 valence electrons. The molecule has 1 aliphatic carbocycles. The maximum atomic E-state index is 10.2. The Morgan fingerprint density at radius 1 is 1.24 bits per heavy atom. The fourth-order valence-electron chi connectivity index (χ4n) is 2.65. The maximum Gasteiger partial charge on any atom is 0.0792 e. The highest BCUT2D eigenvalue weighted by Gasteiger charge is 2.19. The van der Waals surface area contributed by atoms with Gasteiger partial charge in [0.25, 0.3) is 0 Å². The van der Waals surface area contributed by atoms with Crippen molar-refractivity contribution >= 4 is 11.8 Å². The summed E-state index contributed by atoms with van der Waals surface area (Å²) in [4.78, 5) is 1.30. The minimum Gasteiger partial charge on any atom is -0.388 e. The van der Waals surface area contributed by atoms with Gasteiger partial charge in [-0.15, -0.1) is 11.8 Å². The van der Waals surface area contributed by atoms with Crippen LogP contribution in [0.15, 0.2) is 29.2 Å². The van der Waals surface area contributed by atoms with Crippen LogP contribution in [0.5, 0.6) is 0 Å². The third-order valence-corrected chi connectivity index (χ3v) is 4.50. The lowest BCUT2D eigenvalue weighted by Gasteiger charge is -2.15. The first kappa shape index (κ1) is 13.0. The van der Waals surface area contributed by atoms with Crippen LogP contribution in [0.1, 0.15) is 50.7 Å². The summed E-state index contributed by atoms with van der Waals surface area (Å²) in [6, 6.07) is 8.41. The first-order valence-corrected chi connectivity index (χ1v) is 7.69. The van der Waals surface area contributed by atoms with E-state index in [-0.39, 0.29) is 6.10 Å². The predicted molar refractivity (Wildman–Crippen MR) is 74.4 cm³/mol. The van der Waals surface area contributed by atoms with Crippen molar-refractivity contribution in [1.82, 2.24) is 0 Å². The molecule has 1 fully saturated rings. The smallest absolute Gasteiger partial charge is 0.0792 e. The average Bonchev–Trinajstić information content (AvgIpc) is 2.83. The van der Waals surface area contributed by atoms with Crippen molar-refractivity contribution in [2.45, 2.75) is 50.0 Å². The van der Waals surface area contributed by atoms with Crippen molar-refractivity contribution < 1.29 is 5.11 Å². The molecule has 1 aromatic rings. The minimum atomic E-state index is -0.265. The number of aliphatic hydroxyl groups is 1. The van der Waals surface area contributed by atoms with E-state index in [2.05, 4.69) is 31.2 Å². The molecule has 0 aliphatic heterocycles. The number of rotatable bonds is 5. The summed E-state index contributed by atoms with van der Waals surface area (Å²) in [6.45, 7) is 2.16. The maximum absolute atomic E-state index is 10.2. The van der Waals surface area contributed by atoms with Gasteiger partial charge in [-0.25, -0.2) is 0 Å². The standard InChI is InChI=1S/C15H22OS/c1-2-17-14-9-7-13(8-10-14)15(16)11-12-5-3-4-6-12/h7-10,12,15-16H,2-6,11H2,1H3. The number of thioether (sulfide) groups is 1. The van der Waals surface area contributed by atoms with Crippen LogP contribution < -0.4 is 0 Å². The second kappa shape index (κ2) is 6.46. The molecule has 1 aromatic carbocycles. The highest BCUT2D eigenvalue weighted by molar-refractivity contribution is 7.99. The van der Waals surface area contributed by atoms with E-state index < -0.39 is 0 Å².